The molecule has 0 aromatic carbocycles. The van der Waals surface area contributed by atoms with Gasteiger partial charge in [-0.2, -0.15) is 25.3 Å². The van der Waals surface area contributed by atoms with Gasteiger partial charge in [-0.15, -0.1) is 47.0 Å². The summed E-state index contributed by atoms with van der Waals surface area (Å²) in [6.07, 6.45) is 4.29. The zero-order chi connectivity index (χ0) is 18.0. The third-order valence-corrected chi connectivity index (χ3v) is 10.2. The van der Waals surface area contributed by atoms with Crippen LogP contribution in [0.15, 0.2) is 30.8 Å². The summed E-state index contributed by atoms with van der Waals surface area (Å²) < 4.78 is 0. The molecule has 1 fully saturated rings. The summed E-state index contributed by atoms with van der Waals surface area (Å²) in [4.78, 5) is 7.08. The van der Waals surface area contributed by atoms with Gasteiger partial charge in [0.05, 0.1) is 10.5 Å². The summed E-state index contributed by atoms with van der Waals surface area (Å²) in [7, 11) is 0. The molecular weight excluding hydrogens is 449 g/mol. The molecule has 2 aliphatic rings. The molecular formula is C16H20S8. The third kappa shape index (κ3) is 3.86. The van der Waals surface area contributed by atoms with Crippen LogP contribution < -0.4 is 0 Å². The van der Waals surface area contributed by atoms with E-state index in [1.165, 1.54) is 25.2 Å². The number of rotatable bonds is 6. The van der Waals surface area contributed by atoms with Gasteiger partial charge < -0.3 is 0 Å². The van der Waals surface area contributed by atoms with E-state index in [0.29, 0.717) is 0 Å². The Labute approximate surface area is 184 Å². The van der Waals surface area contributed by atoms with E-state index in [1.54, 1.807) is 11.8 Å². The Bertz CT molecular complexity index is 633. The van der Waals surface area contributed by atoms with E-state index in [2.05, 4.69) is 51.6 Å². The molecule has 0 spiro atoms. The highest BCUT2D eigenvalue weighted by Crippen LogP contribution is 2.55. The standard InChI is InChI=1S/C16H20S8/c1-5-23-14-8(7-9(17)11(19)12(20)10(7)18)13(21-3)15(22-4)16(14)24-6-2/h11-12,19-20H,5-6H2,1-4H3. The van der Waals surface area contributed by atoms with Crippen LogP contribution in [0.3, 0.4) is 0 Å². The van der Waals surface area contributed by atoms with Crippen LogP contribution in [0.25, 0.3) is 0 Å². The first-order valence-corrected chi connectivity index (χ1v) is 13.7. The molecule has 0 aromatic rings. The lowest BCUT2D eigenvalue weighted by atomic mass is 10.1. The molecule has 0 N–H and O–H groups in total. The zero-order valence-corrected chi connectivity index (χ0v) is 20.6. The largest absolute Gasteiger partial charge is 0.169 e. The van der Waals surface area contributed by atoms with Crippen molar-refractivity contribution in [3.8, 4) is 0 Å². The first-order chi connectivity index (χ1) is 11.4. The average Bonchev–Trinajstić information content (AvgIpc) is 2.96. The van der Waals surface area contributed by atoms with Crippen molar-refractivity contribution in [1.82, 2.24) is 0 Å². The minimum Gasteiger partial charge on any atom is -0.169 e. The number of hydrogen-bond acceptors (Lipinski definition) is 8. The SMILES string of the molecule is CCSC1=C(SCC)C(=C2C(=S)C(S)C(S)C2=S)C(SC)=C1SC. The quantitative estimate of drug-likeness (QED) is 0.265. The molecule has 0 nitrogen and oxygen atoms in total. The topological polar surface area (TPSA) is 0 Å². The molecule has 0 heterocycles. The molecule has 0 aliphatic heterocycles. The minimum absolute atomic E-state index is 0.0741. The van der Waals surface area contributed by atoms with E-state index in [4.69, 9.17) is 24.4 Å². The normalized spacial score (nSPS) is 24.9. The van der Waals surface area contributed by atoms with Crippen LogP contribution >= 0.6 is 96.7 Å². The second kappa shape index (κ2) is 9.62. The fourth-order valence-corrected chi connectivity index (χ4v) is 8.54. The predicted octanol–water partition coefficient (Wildman–Crippen LogP) is 6.30. The molecule has 0 amide bonds. The Morgan fingerprint density at radius 2 is 1.21 bits per heavy atom. The van der Waals surface area contributed by atoms with Gasteiger partial charge in [0.1, 0.15) is 0 Å². The van der Waals surface area contributed by atoms with Gasteiger partial charge in [-0.25, -0.2) is 0 Å². The highest BCUT2D eigenvalue weighted by Gasteiger charge is 2.41. The number of thiol groups is 2. The van der Waals surface area contributed by atoms with Crippen molar-refractivity contribution in [3.05, 3.63) is 30.8 Å². The highest BCUT2D eigenvalue weighted by atomic mass is 32.2. The van der Waals surface area contributed by atoms with E-state index >= 15 is 0 Å². The van der Waals surface area contributed by atoms with Gasteiger partial charge in [-0.3, -0.25) is 0 Å². The Hall–Kier alpha value is 1.50. The van der Waals surface area contributed by atoms with Crippen LogP contribution in [-0.2, 0) is 0 Å². The fraction of sp³-hybridized carbons (Fsp3) is 0.500. The van der Waals surface area contributed by atoms with Crippen LogP contribution in [-0.4, -0.2) is 44.2 Å². The van der Waals surface area contributed by atoms with Crippen molar-refractivity contribution in [2.75, 3.05) is 24.0 Å². The van der Waals surface area contributed by atoms with E-state index < -0.39 is 0 Å². The molecule has 0 saturated heterocycles. The molecule has 0 bridgehead atoms. The van der Waals surface area contributed by atoms with Crippen LogP contribution in [0.4, 0.5) is 0 Å². The highest BCUT2D eigenvalue weighted by molar-refractivity contribution is 8.11. The maximum Gasteiger partial charge on any atom is 0.0541 e. The molecule has 24 heavy (non-hydrogen) atoms. The Kier molecular flexibility index (Phi) is 8.74. The Balaban J connectivity index is 2.78. The smallest absolute Gasteiger partial charge is 0.0541 e. The van der Waals surface area contributed by atoms with Crippen molar-refractivity contribution in [2.45, 2.75) is 24.3 Å². The second-order valence-corrected chi connectivity index (χ2v) is 11.1. The number of allylic oxidation sites excluding steroid dienone is 3. The summed E-state index contributed by atoms with van der Waals surface area (Å²) in [6, 6.07) is 0. The van der Waals surface area contributed by atoms with E-state index in [-0.39, 0.29) is 10.5 Å². The van der Waals surface area contributed by atoms with Crippen LogP contribution in [0.1, 0.15) is 13.8 Å². The lowest BCUT2D eigenvalue weighted by Crippen LogP contribution is -2.15. The van der Waals surface area contributed by atoms with Gasteiger partial charge in [0, 0.05) is 40.5 Å². The van der Waals surface area contributed by atoms with Gasteiger partial charge in [0.2, 0.25) is 0 Å². The first kappa shape index (κ1) is 21.8. The van der Waals surface area contributed by atoms with Crippen molar-refractivity contribution < 1.29 is 0 Å². The number of thioether (sulfide) groups is 4. The molecule has 1 saturated carbocycles. The van der Waals surface area contributed by atoms with Crippen molar-refractivity contribution in [3.63, 3.8) is 0 Å². The molecule has 2 atom stereocenters. The summed E-state index contributed by atoms with van der Waals surface area (Å²) in [5.41, 5.74) is 2.28. The Morgan fingerprint density at radius 3 is 1.62 bits per heavy atom. The molecule has 2 aliphatic carbocycles. The van der Waals surface area contributed by atoms with Crippen LogP contribution in [0.5, 0.6) is 0 Å². The van der Waals surface area contributed by atoms with Crippen molar-refractivity contribution in [2.24, 2.45) is 0 Å². The number of hydrogen-bond donors (Lipinski definition) is 2. The maximum atomic E-state index is 5.72. The third-order valence-electron chi connectivity index (χ3n) is 3.64. The zero-order valence-electron chi connectivity index (χ0n) is 13.9. The second-order valence-electron chi connectivity index (χ2n) is 4.96. The summed E-state index contributed by atoms with van der Waals surface area (Å²) in [6.45, 7) is 4.39. The van der Waals surface area contributed by atoms with Crippen molar-refractivity contribution >= 4 is 106 Å². The molecule has 2 unspecified atom stereocenters. The molecule has 2 rings (SSSR count). The fourth-order valence-electron chi connectivity index (χ4n) is 2.65. The summed E-state index contributed by atoms with van der Waals surface area (Å²) >= 11 is 28.1. The van der Waals surface area contributed by atoms with Gasteiger partial charge in [-0.05, 0) is 24.0 Å². The van der Waals surface area contributed by atoms with Gasteiger partial charge in [0.15, 0.2) is 0 Å². The maximum absolute atomic E-state index is 5.72. The molecule has 0 aromatic heterocycles. The molecule has 0 radical (unpaired) electrons. The predicted molar refractivity (Wildman–Crippen MR) is 135 cm³/mol. The lowest BCUT2D eigenvalue weighted by molar-refractivity contribution is 1.30. The summed E-state index contributed by atoms with van der Waals surface area (Å²) in [5, 5.41) is -0.148. The molecule has 8 heteroatoms. The van der Waals surface area contributed by atoms with Gasteiger partial charge in [-0.1, -0.05) is 38.3 Å². The monoisotopic (exact) mass is 468 g/mol. The van der Waals surface area contributed by atoms with E-state index in [9.17, 15) is 0 Å². The Morgan fingerprint density at radius 1 is 0.750 bits per heavy atom. The summed E-state index contributed by atoms with van der Waals surface area (Å²) in [5.74, 6) is 2.08. The van der Waals surface area contributed by atoms with Crippen molar-refractivity contribution in [1.29, 1.82) is 0 Å². The van der Waals surface area contributed by atoms with Gasteiger partial charge >= 0.3 is 0 Å². The number of thiocarbonyl (C=S) groups is 2. The lowest BCUT2D eigenvalue weighted by Gasteiger charge is -2.13. The average molecular weight is 469 g/mol. The van der Waals surface area contributed by atoms with Gasteiger partial charge in [0.25, 0.3) is 0 Å². The van der Waals surface area contributed by atoms with E-state index in [0.717, 1.165) is 26.8 Å². The minimum atomic E-state index is -0.0741. The van der Waals surface area contributed by atoms with Crippen LogP contribution in [0.2, 0.25) is 0 Å². The van der Waals surface area contributed by atoms with Crippen LogP contribution in [0, 0.1) is 0 Å². The van der Waals surface area contributed by atoms with E-state index in [1.807, 2.05) is 35.3 Å². The first-order valence-electron chi connectivity index (χ1n) is 7.46. The molecule has 132 valence electrons.